The first-order valence-corrected chi connectivity index (χ1v) is 2.50. The Morgan fingerprint density at radius 3 is 2.12 bits per heavy atom. The van der Waals surface area contributed by atoms with Gasteiger partial charge in [0.15, 0.2) is 11.6 Å². The summed E-state index contributed by atoms with van der Waals surface area (Å²) in [6, 6.07) is 0. The molecule has 0 fully saturated rings. The lowest BCUT2D eigenvalue weighted by molar-refractivity contribution is 0.788. The van der Waals surface area contributed by atoms with E-state index in [1.807, 2.05) is 0 Å². The Kier molecular flexibility index (Phi) is 0.588. The zero-order valence-electron chi connectivity index (χ0n) is 4.20. The Morgan fingerprint density at radius 2 is 1.62 bits per heavy atom. The minimum atomic E-state index is 0.829. The molecule has 0 aliphatic carbocycles. The van der Waals surface area contributed by atoms with Gasteiger partial charge in [-0.05, 0) is 5.21 Å². The van der Waals surface area contributed by atoms with Crippen LogP contribution < -0.4 is 0 Å². The van der Waals surface area contributed by atoms with Crippen molar-refractivity contribution < 1.29 is 0 Å². The van der Waals surface area contributed by atoms with Gasteiger partial charge >= 0.3 is 0 Å². The van der Waals surface area contributed by atoms with Crippen molar-refractivity contribution in [2.24, 2.45) is 0 Å². The molecule has 0 unspecified atom stereocenters. The van der Waals surface area contributed by atoms with E-state index in [9.17, 15) is 0 Å². The summed E-state index contributed by atoms with van der Waals surface area (Å²) in [5.74, 6) is 1.66. The van der Waals surface area contributed by atoms with Crippen LogP contribution in [-0.4, -0.2) is 20.4 Å². The molecule has 0 radical (unpaired) electrons. The lowest BCUT2D eigenvalue weighted by atomic mass is 10.3. The van der Waals surface area contributed by atoms with E-state index < -0.39 is 0 Å². The fourth-order valence-electron chi connectivity index (χ4n) is 0.755. The minimum Gasteiger partial charge on any atom is -0.214 e. The number of fused-ring (bicyclic) bond motifs is 2. The van der Waals surface area contributed by atoms with Crippen LogP contribution in [0.25, 0.3) is 0 Å². The normalized spacial score (nSPS) is 14.5. The molecule has 0 aromatic carbocycles. The minimum absolute atomic E-state index is 0.829. The van der Waals surface area contributed by atoms with Crippen LogP contribution in [0.4, 0.5) is 0 Å². The lowest BCUT2D eigenvalue weighted by Gasteiger charge is -1.78. The molecule has 4 nitrogen and oxygen atoms in total. The SMILES string of the molecule is C1Cc2nnnc1n2. The zero-order chi connectivity index (χ0) is 5.40. The number of hydrogen-bond acceptors (Lipinski definition) is 4. The predicted octanol–water partition coefficient (Wildman–Crippen LogP) is -0.635. The molecule has 40 valence electrons. The van der Waals surface area contributed by atoms with Crippen molar-refractivity contribution in [2.75, 3.05) is 0 Å². The fraction of sp³-hybridized carbons (Fsp3) is 0.500. The monoisotopic (exact) mass is 108 g/mol. The van der Waals surface area contributed by atoms with Crippen LogP contribution in [0.5, 0.6) is 0 Å². The summed E-state index contributed by atoms with van der Waals surface area (Å²) in [5.41, 5.74) is 0. The second-order valence-corrected chi connectivity index (χ2v) is 1.73. The van der Waals surface area contributed by atoms with E-state index in [0.717, 1.165) is 24.5 Å². The fourth-order valence-corrected chi connectivity index (χ4v) is 0.755. The maximum atomic E-state index is 4.00. The molecule has 0 atom stereocenters. The molecule has 0 N–H and O–H groups in total. The third-order valence-corrected chi connectivity index (χ3v) is 1.15. The van der Waals surface area contributed by atoms with Crippen LogP contribution >= 0.6 is 0 Å². The van der Waals surface area contributed by atoms with Gasteiger partial charge in [-0.2, -0.15) is 0 Å². The summed E-state index contributed by atoms with van der Waals surface area (Å²) in [6.45, 7) is 0. The molecule has 8 heavy (non-hydrogen) atoms. The Hall–Kier alpha value is -1.06. The van der Waals surface area contributed by atoms with Crippen molar-refractivity contribution in [3.63, 3.8) is 0 Å². The van der Waals surface area contributed by atoms with Gasteiger partial charge in [-0.1, -0.05) is 0 Å². The van der Waals surface area contributed by atoms with Crippen LogP contribution in [0.1, 0.15) is 11.6 Å². The second kappa shape index (κ2) is 1.21. The van der Waals surface area contributed by atoms with Crippen LogP contribution in [0.15, 0.2) is 0 Å². The first-order valence-electron chi connectivity index (χ1n) is 2.50. The van der Waals surface area contributed by atoms with Gasteiger partial charge in [0.2, 0.25) is 0 Å². The Bertz CT molecular complexity index is 190. The molecule has 1 aromatic heterocycles. The molecular formula is C4H4N4. The van der Waals surface area contributed by atoms with E-state index in [0.29, 0.717) is 0 Å². The van der Waals surface area contributed by atoms with Crippen molar-refractivity contribution >= 4 is 0 Å². The van der Waals surface area contributed by atoms with Crippen molar-refractivity contribution in [1.82, 2.24) is 20.4 Å². The zero-order valence-corrected chi connectivity index (χ0v) is 4.20. The van der Waals surface area contributed by atoms with Gasteiger partial charge in [-0.3, -0.25) is 0 Å². The van der Waals surface area contributed by atoms with E-state index >= 15 is 0 Å². The van der Waals surface area contributed by atoms with E-state index in [2.05, 4.69) is 20.4 Å². The molecule has 4 heteroatoms. The van der Waals surface area contributed by atoms with Crippen LogP contribution in [0.3, 0.4) is 0 Å². The lowest BCUT2D eigenvalue weighted by Crippen LogP contribution is -1.92. The smallest absolute Gasteiger partial charge is 0.155 e. The maximum absolute atomic E-state index is 4.00. The molecule has 1 aliphatic rings. The summed E-state index contributed by atoms with van der Waals surface area (Å²) in [7, 11) is 0. The van der Waals surface area contributed by atoms with Gasteiger partial charge < -0.3 is 0 Å². The molecule has 2 bridgehead atoms. The van der Waals surface area contributed by atoms with Crippen LogP contribution in [-0.2, 0) is 12.8 Å². The van der Waals surface area contributed by atoms with E-state index in [1.54, 1.807) is 0 Å². The highest BCUT2D eigenvalue weighted by molar-refractivity contribution is 4.97. The summed E-state index contributed by atoms with van der Waals surface area (Å²) >= 11 is 0. The standard InChI is InChI=1S/C4H4N4/c1-2-4-5-3(1)6-8-7-4/h1-2H2. The topological polar surface area (TPSA) is 51.6 Å². The van der Waals surface area contributed by atoms with Gasteiger partial charge in [-0.25, -0.2) is 4.98 Å². The molecule has 0 saturated heterocycles. The quantitative estimate of drug-likeness (QED) is 0.443. The summed E-state index contributed by atoms with van der Waals surface area (Å²) in [6.07, 6.45) is 1.84. The predicted molar refractivity (Wildman–Crippen MR) is 25.0 cm³/mol. The van der Waals surface area contributed by atoms with Gasteiger partial charge in [0.05, 0.1) is 0 Å². The van der Waals surface area contributed by atoms with Crippen molar-refractivity contribution in [1.29, 1.82) is 0 Å². The number of aromatic nitrogens is 4. The van der Waals surface area contributed by atoms with Crippen LogP contribution in [0.2, 0.25) is 0 Å². The summed E-state index contributed by atoms with van der Waals surface area (Å²) < 4.78 is 0. The highest BCUT2D eigenvalue weighted by Crippen LogP contribution is 2.02. The largest absolute Gasteiger partial charge is 0.214 e. The number of aryl methyl sites for hydroxylation is 2. The van der Waals surface area contributed by atoms with E-state index in [-0.39, 0.29) is 0 Å². The van der Waals surface area contributed by atoms with E-state index in [4.69, 9.17) is 0 Å². The van der Waals surface area contributed by atoms with Crippen molar-refractivity contribution in [3.8, 4) is 0 Å². The number of hydrogen-bond donors (Lipinski definition) is 0. The Labute approximate surface area is 46.0 Å². The molecule has 2 rings (SSSR count). The summed E-state index contributed by atoms with van der Waals surface area (Å²) in [4.78, 5) is 4.00. The molecule has 0 spiro atoms. The average molecular weight is 108 g/mol. The first kappa shape index (κ1) is 3.88. The van der Waals surface area contributed by atoms with Crippen LogP contribution in [0, 0.1) is 0 Å². The van der Waals surface area contributed by atoms with Gasteiger partial charge in [0, 0.05) is 12.8 Å². The van der Waals surface area contributed by atoms with Gasteiger partial charge in [0.25, 0.3) is 0 Å². The Balaban J connectivity index is 2.66. The molecule has 1 aliphatic heterocycles. The number of rotatable bonds is 0. The third-order valence-electron chi connectivity index (χ3n) is 1.15. The van der Waals surface area contributed by atoms with Gasteiger partial charge in [0.1, 0.15) is 0 Å². The maximum Gasteiger partial charge on any atom is 0.155 e. The first-order chi connectivity index (χ1) is 3.95. The molecule has 0 amide bonds. The molecular weight excluding hydrogens is 104 g/mol. The molecule has 2 heterocycles. The highest BCUT2D eigenvalue weighted by Gasteiger charge is 2.09. The number of nitrogens with zero attached hydrogens (tertiary/aromatic N) is 4. The molecule has 1 aromatic rings. The molecule has 0 saturated carbocycles. The average Bonchev–Trinajstić information content (AvgIpc) is 2.12. The van der Waals surface area contributed by atoms with E-state index in [1.165, 1.54) is 0 Å². The summed E-state index contributed by atoms with van der Waals surface area (Å²) in [5, 5.41) is 10.8. The third kappa shape index (κ3) is 0.395. The second-order valence-electron chi connectivity index (χ2n) is 1.73. The van der Waals surface area contributed by atoms with Crippen molar-refractivity contribution in [2.45, 2.75) is 12.8 Å². The highest BCUT2D eigenvalue weighted by atomic mass is 15.4. The van der Waals surface area contributed by atoms with Crippen molar-refractivity contribution in [3.05, 3.63) is 11.6 Å². The van der Waals surface area contributed by atoms with Gasteiger partial charge in [-0.15, -0.1) is 10.2 Å². The Morgan fingerprint density at radius 1 is 1.00 bits per heavy atom.